The molecule has 0 aliphatic heterocycles. The molecule has 0 atom stereocenters. The van der Waals surface area contributed by atoms with Gasteiger partial charge < -0.3 is 10.6 Å². The van der Waals surface area contributed by atoms with Gasteiger partial charge in [0.1, 0.15) is 5.82 Å². The number of halogens is 1. The molecule has 0 aliphatic carbocycles. The molecule has 3 N–H and O–H groups in total. The first-order chi connectivity index (χ1) is 11.6. The molecule has 3 aromatic carbocycles. The summed E-state index contributed by atoms with van der Waals surface area (Å²) in [5.74, 6) is -0.287. The maximum atomic E-state index is 12.3. The van der Waals surface area contributed by atoms with Crippen molar-refractivity contribution in [2.24, 2.45) is 5.73 Å². The number of nitrogens with two attached hydrogens (primary N) is 1. The number of hydroxylamine groups is 1. The zero-order valence-electron chi connectivity index (χ0n) is 12.7. The molecule has 4 nitrogen and oxygen atoms in total. The van der Waals surface area contributed by atoms with Crippen LogP contribution in [0.3, 0.4) is 0 Å². The average molecular weight is 339 g/mol. The Morgan fingerprint density at radius 2 is 1.71 bits per heavy atom. The van der Waals surface area contributed by atoms with E-state index in [9.17, 15) is 4.79 Å². The van der Waals surface area contributed by atoms with Crippen LogP contribution in [0.4, 0.5) is 0 Å². The van der Waals surface area contributed by atoms with E-state index in [0.717, 1.165) is 16.3 Å². The maximum Gasteiger partial charge on any atom is 0.363 e. The molecule has 0 aliphatic rings. The van der Waals surface area contributed by atoms with Gasteiger partial charge in [-0.3, -0.25) is 0 Å². The van der Waals surface area contributed by atoms with E-state index in [2.05, 4.69) is 5.48 Å². The number of carbonyl (C=O) groups excluding carboxylic acids is 1. The van der Waals surface area contributed by atoms with E-state index < -0.39 is 5.97 Å². The summed E-state index contributed by atoms with van der Waals surface area (Å²) in [7, 11) is 0. The molecule has 0 fully saturated rings. The average Bonchev–Trinajstić information content (AvgIpc) is 2.61. The molecule has 0 unspecified atom stereocenters. The SMILES string of the molecule is NC(=Cc1ccc(Cl)cc1)NOC(=O)c1cccc2ccccc12. The summed E-state index contributed by atoms with van der Waals surface area (Å²) in [5.41, 5.74) is 9.60. The number of hydrogen-bond donors (Lipinski definition) is 2. The van der Waals surface area contributed by atoms with Gasteiger partial charge in [-0.1, -0.05) is 60.1 Å². The van der Waals surface area contributed by atoms with Gasteiger partial charge in [0.2, 0.25) is 0 Å². The summed E-state index contributed by atoms with van der Waals surface area (Å²) in [6.45, 7) is 0. The molecule has 0 amide bonds. The largest absolute Gasteiger partial charge is 0.383 e. The Kier molecular flexibility index (Phi) is 4.68. The Balaban J connectivity index is 1.71. The highest BCUT2D eigenvalue weighted by molar-refractivity contribution is 6.30. The van der Waals surface area contributed by atoms with Gasteiger partial charge in [0.05, 0.1) is 5.56 Å². The standard InChI is InChI=1S/C19H15ClN2O2/c20-15-10-8-13(9-11-15)12-18(21)22-24-19(23)17-7-3-5-14-4-1-2-6-16(14)17/h1-12,22H,21H2. The van der Waals surface area contributed by atoms with Crippen molar-refractivity contribution in [1.29, 1.82) is 0 Å². The summed E-state index contributed by atoms with van der Waals surface area (Å²) < 4.78 is 0. The van der Waals surface area contributed by atoms with Crippen LogP contribution >= 0.6 is 11.6 Å². The van der Waals surface area contributed by atoms with E-state index in [-0.39, 0.29) is 5.82 Å². The first-order valence-electron chi connectivity index (χ1n) is 7.31. The van der Waals surface area contributed by atoms with Gasteiger partial charge in [-0.2, -0.15) is 0 Å². The zero-order chi connectivity index (χ0) is 16.9. The van der Waals surface area contributed by atoms with Gasteiger partial charge in [0.25, 0.3) is 0 Å². The van der Waals surface area contributed by atoms with Crippen LogP contribution in [-0.2, 0) is 4.84 Å². The van der Waals surface area contributed by atoms with Crippen molar-refractivity contribution < 1.29 is 9.63 Å². The number of fused-ring (bicyclic) bond motifs is 1. The van der Waals surface area contributed by atoms with Gasteiger partial charge in [0.15, 0.2) is 0 Å². The van der Waals surface area contributed by atoms with E-state index in [1.165, 1.54) is 0 Å². The molecule has 0 radical (unpaired) electrons. The van der Waals surface area contributed by atoms with Gasteiger partial charge in [-0.05, 0) is 40.6 Å². The monoisotopic (exact) mass is 338 g/mol. The Morgan fingerprint density at radius 3 is 2.50 bits per heavy atom. The van der Waals surface area contributed by atoms with Crippen LogP contribution in [0.1, 0.15) is 15.9 Å². The summed E-state index contributed by atoms with van der Waals surface area (Å²) in [5, 5.41) is 2.43. The van der Waals surface area contributed by atoms with Gasteiger partial charge >= 0.3 is 5.97 Å². The maximum absolute atomic E-state index is 12.3. The summed E-state index contributed by atoms with van der Waals surface area (Å²) in [6.07, 6.45) is 1.65. The normalized spacial score (nSPS) is 11.3. The number of carbonyl (C=O) groups is 1. The van der Waals surface area contributed by atoms with E-state index in [1.807, 2.05) is 48.5 Å². The van der Waals surface area contributed by atoms with Crippen LogP contribution in [0.25, 0.3) is 16.8 Å². The van der Waals surface area contributed by atoms with Crippen molar-refractivity contribution >= 4 is 34.4 Å². The van der Waals surface area contributed by atoms with Gasteiger partial charge in [0, 0.05) is 5.02 Å². The highest BCUT2D eigenvalue weighted by Crippen LogP contribution is 2.19. The lowest BCUT2D eigenvalue weighted by atomic mass is 10.1. The molecule has 0 heterocycles. The molecule has 120 valence electrons. The molecule has 24 heavy (non-hydrogen) atoms. The molecule has 0 saturated heterocycles. The fraction of sp³-hybridized carbons (Fsp3) is 0. The Hall–Kier alpha value is -2.98. The van der Waals surface area contributed by atoms with Crippen LogP contribution in [0.2, 0.25) is 5.02 Å². The molecule has 0 saturated carbocycles. The first kappa shape index (κ1) is 15.9. The number of nitrogens with one attached hydrogen (secondary N) is 1. The highest BCUT2D eigenvalue weighted by atomic mass is 35.5. The Labute approximate surface area is 144 Å². The van der Waals surface area contributed by atoms with Gasteiger partial charge in [-0.25, -0.2) is 10.3 Å². The number of benzene rings is 3. The lowest BCUT2D eigenvalue weighted by Gasteiger charge is -2.09. The zero-order valence-corrected chi connectivity index (χ0v) is 13.5. The predicted octanol–water partition coefficient (Wildman–Crippen LogP) is 4.11. The van der Waals surface area contributed by atoms with Crippen LogP contribution in [-0.4, -0.2) is 5.97 Å². The number of hydrogen-bond acceptors (Lipinski definition) is 4. The van der Waals surface area contributed by atoms with E-state index >= 15 is 0 Å². The fourth-order valence-corrected chi connectivity index (χ4v) is 2.46. The van der Waals surface area contributed by atoms with Crippen LogP contribution in [0.15, 0.2) is 72.6 Å². The summed E-state index contributed by atoms with van der Waals surface area (Å²) >= 11 is 5.83. The molecule has 0 spiro atoms. The highest BCUT2D eigenvalue weighted by Gasteiger charge is 2.11. The molecule has 3 rings (SSSR count). The van der Waals surface area contributed by atoms with Crippen molar-refractivity contribution in [3.63, 3.8) is 0 Å². The van der Waals surface area contributed by atoms with Crippen molar-refractivity contribution in [3.8, 4) is 0 Å². The van der Waals surface area contributed by atoms with E-state index in [4.69, 9.17) is 22.2 Å². The third-order valence-electron chi connectivity index (χ3n) is 3.46. The minimum atomic E-state index is -0.501. The van der Waals surface area contributed by atoms with Crippen molar-refractivity contribution in [3.05, 3.63) is 88.7 Å². The fourth-order valence-electron chi connectivity index (χ4n) is 2.33. The second kappa shape index (κ2) is 7.06. The minimum absolute atomic E-state index is 0.214. The summed E-state index contributed by atoms with van der Waals surface area (Å²) in [6, 6.07) is 20.2. The summed E-state index contributed by atoms with van der Waals surface area (Å²) in [4.78, 5) is 17.4. The molecule has 5 heteroatoms. The molecular weight excluding hydrogens is 324 g/mol. The van der Waals surface area contributed by atoms with Crippen LogP contribution < -0.4 is 11.2 Å². The number of rotatable bonds is 4. The third kappa shape index (κ3) is 3.67. The van der Waals surface area contributed by atoms with Crippen molar-refractivity contribution in [1.82, 2.24) is 5.48 Å². The predicted molar refractivity (Wildman–Crippen MR) is 96.1 cm³/mol. The molecule has 3 aromatic rings. The molecule has 0 bridgehead atoms. The Morgan fingerprint density at radius 1 is 1.00 bits per heavy atom. The minimum Gasteiger partial charge on any atom is -0.383 e. The smallest absolute Gasteiger partial charge is 0.363 e. The van der Waals surface area contributed by atoms with Crippen LogP contribution in [0, 0.1) is 0 Å². The quantitative estimate of drug-likeness (QED) is 0.703. The van der Waals surface area contributed by atoms with Gasteiger partial charge in [-0.15, -0.1) is 0 Å². The lowest BCUT2D eigenvalue weighted by Crippen LogP contribution is -2.24. The van der Waals surface area contributed by atoms with E-state index in [1.54, 1.807) is 24.3 Å². The molecule has 0 aromatic heterocycles. The van der Waals surface area contributed by atoms with Crippen molar-refractivity contribution in [2.75, 3.05) is 0 Å². The Bertz CT molecular complexity index is 899. The molecular formula is C19H15ClN2O2. The van der Waals surface area contributed by atoms with Crippen molar-refractivity contribution in [2.45, 2.75) is 0 Å². The first-order valence-corrected chi connectivity index (χ1v) is 7.69. The third-order valence-corrected chi connectivity index (χ3v) is 3.72. The van der Waals surface area contributed by atoms with Crippen LogP contribution in [0.5, 0.6) is 0 Å². The van der Waals surface area contributed by atoms with E-state index in [0.29, 0.717) is 10.6 Å². The second-order valence-electron chi connectivity index (χ2n) is 5.17. The second-order valence-corrected chi connectivity index (χ2v) is 5.61. The lowest BCUT2D eigenvalue weighted by molar-refractivity contribution is 0.0326. The topological polar surface area (TPSA) is 64.3 Å².